The number of carbonyl (C=O) groups is 1. The second-order valence-electron chi connectivity index (χ2n) is 4.23. The number of rotatable bonds is 5. The molecule has 7 heteroatoms. The van der Waals surface area contributed by atoms with E-state index in [1.165, 1.54) is 18.3 Å². The molecule has 0 saturated heterocycles. The molecule has 0 spiro atoms. The molecule has 1 heterocycles. The Balaban J connectivity index is 1.87. The number of non-ortho nitro benzene ring substituents is 1. The molecule has 0 aliphatic rings. The van der Waals surface area contributed by atoms with Crippen LogP contribution >= 0.6 is 0 Å². The van der Waals surface area contributed by atoms with Gasteiger partial charge >= 0.3 is 0 Å². The largest absolute Gasteiger partial charge is 0.273 e. The Morgan fingerprint density at radius 1 is 1.33 bits per heavy atom. The van der Waals surface area contributed by atoms with Crippen molar-refractivity contribution in [3.63, 3.8) is 0 Å². The molecule has 0 aliphatic heterocycles. The van der Waals surface area contributed by atoms with Crippen LogP contribution in [0.4, 0.5) is 5.69 Å². The van der Waals surface area contributed by atoms with Crippen molar-refractivity contribution in [1.82, 2.24) is 5.43 Å². The van der Waals surface area contributed by atoms with Crippen molar-refractivity contribution >= 4 is 17.8 Å². The van der Waals surface area contributed by atoms with E-state index in [9.17, 15) is 14.9 Å². The minimum atomic E-state index is -0.473. The molecule has 7 nitrogen and oxygen atoms in total. The van der Waals surface area contributed by atoms with Crippen LogP contribution in [0.3, 0.4) is 0 Å². The first-order valence-electron chi connectivity index (χ1n) is 6.16. The summed E-state index contributed by atoms with van der Waals surface area (Å²) in [6, 6.07) is 9.50. The molecule has 0 bridgehead atoms. The number of aromatic amines is 1. The third-order valence-electron chi connectivity index (χ3n) is 2.64. The van der Waals surface area contributed by atoms with Gasteiger partial charge in [0.15, 0.2) is 12.4 Å². The summed E-state index contributed by atoms with van der Waals surface area (Å²) in [5, 5.41) is 14.3. The lowest BCUT2D eigenvalue weighted by molar-refractivity contribution is -0.384. The molecule has 1 amide bonds. The van der Waals surface area contributed by atoms with Gasteiger partial charge in [0.25, 0.3) is 5.69 Å². The highest BCUT2D eigenvalue weighted by Crippen LogP contribution is 2.10. The Morgan fingerprint density at radius 3 is 2.71 bits per heavy atom. The highest BCUT2D eigenvalue weighted by Gasteiger charge is 2.04. The number of hydrogen-bond donors (Lipinski definition) is 1. The molecule has 1 aromatic carbocycles. The molecule has 21 heavy (non-hydrogen) atoms. The lowest BCUT2D eigenvalue weighted by atomic mass is 10.2. The van der Waals surface area contributed by atoms with Crippen LogP contribution in [0.5, 0.6) is 0 Å². The van der Waals surface area contributed by atoms with Gasteiger partial charge in [-0.15, -0.1) is 0 Å². The van der Waals surface area contributed by atoms with Crippen molar-refractivity contribution in [3.05, 3.63) is 70.0 Å². The molecule has 1 aromatic heterocycles. The zero-order valence-corrected chi connectivity index (χ0v) is 11.0. The fraction of sp³-hybridized carbons (Fsp3) is 0.0714. The van der Waals surface area contributed by atoms with Crippen LogP contribution < -0.4 is 10.4 Å². The lowest BCUT2D eigenvalue weighted by Gasteiger charge is -1.98. The smallest absolute Gasteiger partial charge is 0.269 e. The first kappa shape index (κ1) is 14.3. The summed E-state index contributed by atoms with van der Waals surface area (Å²) in [6.07, 6.45) is 5.14. The van der Waals surface area contributed by atoms with Gasteiger partial charge in [0.2, 0.25) is 5.91 Å². The molecular weight excluding hydrogens is 272 g/mol. The Hall–Kier alpha value is -3.09. The van der Waals surface area contributed by atoms with Crippen LogP contribution in [0.1, 0.15) is 11.1 Å². The number of pyridine rings is 1. The molecule has 0 aliphatic carbocycles. The standard InChI is InChI=1S/C14H12N4O3/c19-14(8-12-2-1-7-15-9-12)17-16-10-11-3-5-13(6-4-11)18(20)21/h1-7,9-10H,8H2,(H,17,19)/p+1. The highest BCUT2D eigenvalue weighted by atomic mass is 16.6. The summed E-state index contributed by atoms with van der Waals surface area (Å²) in [5.74, 6) is -0.243. The maximum Gasteiger partial charge on any atom is 0.269 e. The van der Waals surface area contributed by atoms with Gasteiger partial charge in [-0.25, -0.2) is 10.4 Å². The normalized spacial score (nSPS) is 10.5. The van der Waals surface area contributed by atoms with Gasteiger partial charge in [-0.2, -0.15) is 5.10 Å². The second-order valence-corrected chi connectivity index (χ2v) is 4.23. The van der Waals surface area contributed by atoms with Gasteiger partial charge in [-0.05, 0) is 23.8 Å². The minimum absolute atomic E-state index is 0.0107. The predicted molar refractivity (Wildman–Crippen MR) is 75.5 cm³/mol. The quantitative estimate of drug-likeness (QED) is 0.506. The first-order valence-corrected chi connectivity index (χ1v) is 6.16. The average Bonchev–Trinajstić information content (AvgIpc) is 2.49. The van der Waals surface area contributed by atoms with Gasteiger partial charge in [-0.1, -0.05) is 0 Å². The van der Waals surface area contributed by atoms with Crippen LogP contribution in [-0.2, 0) is 11.2 Å². The number of aromatic nitrogens is 1. The summed E-state index contributed by atoms with van der Waals surface area (Å²) in [4.78, 5) is 24.5. The van der Waals surface area contributed by atoms with Crippen LogP contribution in [0.25, 0.3) is 0 Å². The van der Waals surface area contributed by atoms with E-state index in [1.54, 1.807) is 24.5 Å². The third kappa shape index (κ3) is 4.50. The summed E-state index contributed by atoms with van der Waals surface area (Å²) in [6.45, 7) is 0. The molecule has 0 atom stereocenters. The Morgan fingerprint density at radius 2 is 2.10 bits per heavy atom. The van der Waals surface area contributed by atoms with Gasteiger partial charge in [0.1, 0.15) is 0 Å². The van der Waals surface area contributed by atoms with E-state index in [-0.39, 0.29) is 18.0 Å². The minimum Gasteiger partial charge on any atom is -0.273 e. The molecule has 106 valence electrons. The molecule has 2 rings (SSSR count). The van der Waals surface area contributed by atoms with Gasteiger partial charge in [-0.3, -0.25) is 14.9 Å². The Labute approximate surface area is 120 Å². The number of hydrogen-bond acceptors (Lipinski definition) is 4. The third-order valence-corrected chi connectivity index (χ3v) is 2.64. The summed E-state index contributed by atoms with van der Waals surface area (Å²) < 4.78 is 0. The number of carbonyl (C=O) groups excluding carboxylic acids is 1. The summed E-state index contributed by atoms with van der Waals surface area (Å²) in [7, 11) is 0. The predicted octanol–water partition coefficient (Wildman–Crippen LogP) is 1.10. The first-order chi connectivity index (χ1) is 10.1. The zero-order valence-electron chi connectivity index (χ0n) is 11.0. The van der Waals surface area contributed by atoms with Crippen LogP contribution in [0.15, 0.2) is 53.9 Å². The monoisotopic (exact) mass is 285 g/mol. The van der Waals surface area contributed by atoms with E-state index in [0.29, 0.717) is 5.56 Å². The van der Waals surface area contributed by atoms with E-state index in [1.807, 2.05) is 12.1 Å². The SMILES string of the molecule is O=C(Cc1ccc[nH+]c1)NN=Cc1ccc([N+](=O)[O-])cc1. The number of hydrazone groups is 1. The number of nitrogens with zero attached hydrogens (tertiary/aromatic N) is 2. The molecule has 0 radical (unpaired) electrons. The lowest BCUT2D eigenvalue weighted by Crippen LogP contribution is -2.20. The molecule has 2 aromatic rings. The van der Waals surface area contributed by atoms with Crippen molar-refractivity contribution in [1.29, 1.82) is 0 Å². The number of H-pyrrole nitrogens is 1. The number of benzene rings is 1. The zero-order chi connectivity index (χ0) is 15.1. The molecule has 2 N–H and O–H groups in total. The van der Waals surface area contributed by atoms with E-state index in [0.717, 1.165) is 5.56 Å². The Bertz CT molecular complexity index is 654. The molecular formula is C14H13N4O3+. The topological polar surface area (TPSA) is 98.7 Å². The Kier molecular flexibility index (Phi) is 4.70. The van der Waals surface area contributed by atoms with Gasteiger partial charge < -0.3 is 0 Å². The maximum absolute atomic E-state index is 11.6. The fourth-order valence-corrected chi connectivity index (χ4v) is 1.63. The number of nitrogens with one attached hydrogen (secondary N) is 2. The summed E-state index contributed by atoms with van der Waals surface area (Å²) in [5.41, 5.74) is 3.92. The number of nitro benzene ring substituents is 1. The number of nitro groups is 1. The highest BCUT2D eigenvalue weighted by molar-refractivity contribution is 5.83. The molecule has 0 saturated carbocycles. The maximum atomic E-state index is 11.6. The van der Waals surface area contributed by atoms with Crippen molar-refractivity contribution in [2.45, 2.75) is 6.42 Å². The number of amides is 1. The van der Waals surface area contributed by atoms with E-state index >= 15 is 0 Å². The summed E-state index contributed by atoms with van der Waals surface area (Å²) >= 11 is 0. The van der Waals surface area contributed by atoms with Crippen LogP contribution in [-0.4, -0.2) is 17.0 Å². The van der Waals surface area contributed by atoms with E-state index in [4.69, 9.17) is 0 Å². The van der Waals surface area contributed by atoms with Crippen LogP contribution in [0, 0.1) is 10.1 Å². The van der Waals surface area contributed by atoms with Crippen LogP contribution in [0.2, 0.25) is 0 Å². The van der Waals surface area contributed by atoms with Crippen molar-refractivity contribution < 1.29 is 14.7 Å². The fourth-order valence-electron chi connectivity index (χ4n) is 1.63. The van der Waals surface area contributed by atoms with Crippen molar-refractivity contribution in [2.75, 3.05) is 0 Å². The van der Waals surface area contributed by atoms with Gasteiger partial charge in [0.05, 0.1) is 17.6 Å². The van der Waals surface area contributed by atoms with E-state index in [2.05, 4.69) is 15.5 Å². The van der Waals surface area contributed by atoms with E-state index < -0.39 is 4.92 Å². The van der Waals surface area contributed by atoms with Crippen molar-refractivity contribution in [2.24, 2.45) is 5.10 Å². The van der Waals surface area contributed by atoms with Gasteiger partial charge in [0, 0.05) is 23.8 Å². The van der Waals surface area contributed by atoms with Crippen molar-refractivity contribution in [3.8, 4) is 0 Å². The molecule has 0 unspecified atom stereocenters. The average molecular weight is 285 g/mol. The molecule has 0 fully saturated rings. The second kappa shape index (κ2) is 6.90.